The van der Waals surface area contributed by atoms with Gasteiger partial charge in [-0.2, -0.15) is 0 Å². The molecule has 0 saturated heterocycles. The maximum atomic E-state index is 11.9. The number of anilines is 1. The molecule has 2 aliphatic rings. The second kappa shape index (κ2) is 5.24. The van der Waals surface area contributed by atoms with Gasteiger partial charge in [-0.15, -0.1) is 0 Å². The van der Waals surface area contributed by atoms with Crippen molar-refractivity contribution in [2.45, 2.75) is 50.4 Å². The summed E-state index contributed by atoms with van der Waals surface area (Å²) in [6.45, 7) is 0.982. The van der Waals surface area contributed by atoms with Crippen LogP contribution in [0.3, 0.4) is 0 Å². The van der Waals surface area contributed by atoms with Crippen molar-refractivity contribution in [2.24, 2.45) is 0 Å². The van der Waals surface area contributed by atoms with Crippen molar-refractivity contribution in [2.75, 3.05) is 18.5 Å². The number of carboxylic acid groups (broad SMARTS) is 1. The summed E-state index contributed by atoms with van der Waals surface area (Å²) in [6.07, 6.45) is 6.01. The van der Waals surface area contributed by atoms with Gasteiger partial charge in [0, 0.05) is 30.4 Å². The van der Waals surface area contributed by atoms with E-state index in [1.165, 1.54) is 0 Å². The minimum absolute atomic E-state index is 0.225. The summed E-state index contributed by atoms with van der Waals surface area (Å²) in [5.74, 6) is -0.565. The van der Waals surface area contributed by atoms with Crippen molar-refractivity contribution in [3.8, 4) is 5.75 Å². The average Bonchev–Trinajstić information content (AvgIpc) is 2.49. The van der Waals surface area contributed by atoms with Crippen LogP contribution in [0.4, 0.5) is 5.69 Å². The van der Waals surface area contributed by atoms with E-state index in [0.717, 1.165) is 49.9 Å². The zero-order valence-electron chi connectivity index (χ0n) is 12.6. The molecule has 1 aromatic rings. The predicted octanol–water partition coefficient (Wildman–Crippen LogP) is 3.06. The summed E-state index contributed by atoms with van der Waals surface area (Å²) in [5.41, 5.74) is 1.70. The van der Waals surface area contributed by atoms with Crippen molar-refractivity contribution in [1.82, 2.24) is 0 Å². The van der Waals surface area contributed by atoms with Crippen molar-refractivity contribution >= 4 is 11.7 Å². The van der Waals surface area contributed by atoms with E-state index in [-0.39, 0.29) is 5.75 Å². The zero-order chi connectivity index (χ0) is 15.0. The van der Waals surface area contributed by atoms with E-state index in [2.05, 4.69) is 4.90 Å². The van der Waals surface area contributed by atoms with E-state index in [0.29, 0.717) is 18.4 Å². The number of hydrogen-bond donors (Lipinski definition) is 2. The third-order valence-corrected chi connectivity index (χ3v) is 5.22. The fourth-order valence-electron chi connectivity index (χ4n) is 3.98. The highest BCUT2D eigenvalue weighted by Gasteiger charge is 2.43. The first-order valence-corrected chi connectivity index (χ1v) is 7.86. The van der Waals surface area contributed by atoms with Gasteiger partial charge in [-0.1, -0.05) is 25.3 Å². The molecule has 1 saturated carbocycles. The first kappa shape index (κ1) is 14.2. The Kier molecular flexibility index (Phi) is 3.56. The van der Waals surface area contributed by atoms with Gasteiger partial charge in [-0.3, -0.25) is 4.79 Å². The number of fused-ring (bicyclic) bond motifs is 1. The Morgan fingerprint density at radius 2 is 1.90 bits per heavy atom. The highest BCUT2D eigenvalue weighted by molar-refractivity contribution is 5.83. The SMILES string of the molecule is CN1CCCc2c1ccc(C1(C(=O)O)CCCCC1)c2O. The molecule has 0 bridgehead atoms. The third-order valence-electron chi connectivity index (χ3n) is 5.22. The standard InChI is InChI=1S/C17H23NO3/c1-18-11-5-6-12-14(18)8-7-13(15(12)19)17(16(20)21)9-3-2-4-10-17/h7-8,19H,2-6,9-11H2,1H3,(H,20,21). The zero-order valence-corrected chi connectivity index (χ0v) is 12.6. The molecule has 1 fully saturated rings. The average molecular weight is 289 g/mol. The van der Waals surface area contributed by atoms with Crippen LogP contribution in [0.2, 0.25) is 0 Å². The summed E-state index contributed by atoms with van der Waals surface area (Å²) in [6, 6.07) is 3.83. The molecular weight excluding hydrogens is 266 g/mol. The lowest BCUT2D eigenvalue weighted by Gasteiger charge is -2.36. The molecule has 1 aromatic carbocycles. The Morgan fingerprint density at radius 3 is 2.57 bits per heavy atom. The van der Waals surface area contributed by atoms with Crippen LogP contribution >= 0.6 is 0 Å². The van der Waals surface area contributed by atoms with Gasteiger partial charge in [0.15, 0.2) is 0 Å². The van der Waals surface area contributed by atoms with Crippen LogP contribution in [0.25, 0.3) is 0 Å². The number of nitrogens with zero attached hydrogens (tertiary/aromatic N) is 1. The molecule has 0 unspecified atom stereocenters. The Bertz CT molecular complexity index is 561. The summed E-state index contributed by atoms with van der Waals surface area (Å²) in [7, 11) is 2.02. The van der Waals surface area contributed by atoms with Gasteiger partial charge in [-0.25, -0.2) is 0 Å². The molecular formula is C17H23NO3. The van der Waals surface area contributed by atoms with E-state index in [1.807, 2.05) is 19.2 Å². The maximum absolute atomic E-state index is 11.9. The Morgan fingerprint density at radius 1 is 1.19 bits per heavy atom. The van der Waals surface area contributed by atoms with Crippen molar-refractivity contribution in [3.05, 3.63) is 23.3 Å². The van der Waals surface area contributed by atoms with E-state index < -0.39 is 11.4 Å². The number of rotatable bonds is 2. The topological polar surface area (TPSA) is 60.8 Å². The summed E-state index contributed by atoms with van der Waals surface area (Å²) < 4.78 is 0. The van der Waals surface area contributed by atoms with Crippen LogP contribution in [0.15, 0.2) is 12.1 Å². The first-order chi connectivity index (χ1) is 10.1. The fraction of sp³-hybridized carbons (Fsp3) is 0.588. The fourth-order valence-corrected chi connectivity index (χ4v) is 3.98. The van der Waals surface area contributed by atoms with E-state index in [4.69, 9.17) is 0 Å². The molecule has 0 atom stereocenters. The molecule has 0 amide bonds. The molecule has 4 heteroatoms. The summed E-state index contributed by atoms with van der Waals surface area (Å²) in [4.78, 5) is 14.1. The number of aromatic hydroxyl groups is 1. The van der Waals surface area contributed by atoms with Crippen LogP contribution in [0.5, 0.6) is 5.75 Å². The van der Waals surface area contributed by atoms with Crippen LogP contribution in [0, 0.1) is 0 Å². The molecule has 0 aromatic heterocycles. The lowest BCUT2D eigenvalue weighted by molar-refractivity contribution is -0.145. The summed E-state index contributed by atoms with van der Waals surface area (Å²) in [5, 5.41) is 20.5. The largest absolute Gasteiger partial charge is 0.507 e. The molecule has 1 aliphatic heterocycles. The predicted molar refractivity (Wildman–Crippen MR) is 82.1 cm³/mol. The number of carboxylic acids is 1. The third kappa shape index (κ3) is 2.17. The minimum Gasteiger partial charge on any atom is -0.507 e. The van der Waals surface area contributed by atoms with Gasteiger partial charge in [0.05, 0.1) is 5.41 Å². The van der Waals surface area contributed by atoms with E-state index in [9.17, 15) is 15.0 Å². The summed E-state index contributed by atoms with van der Waals surface area (Å²) >= 11 is 0. The number of carbonyl (C=O) groups is 1. The maximum Gasteiger partial charge on any atom is 0.314 e. The van der Waals surface area contributed by atoms with Crippen molar-refractivity contribution in [1.29, 1.82) is 0 Å². The van der Waals surface area contributed by atoms with Crippen molar-refractivity contribution < 1.29 is 15.0 Å². The second-order valence-corrected chi connectivity index (χ2v) is 6.43. The van der Waals surface area contributed by atoms with Crippen LogP contribution in [-0.2, 0) is 16.6 Å². The van der Waals surface area contributed by atoms with Crippen molar-refractivity contribution in [3.63, 3.8) is 0 Å². The minimum atomic E-state index is -0.895. The van der Waals surface area contributed by atoms with Gasteiger partial charge in [-0.05, 0) is 31.7 Å². The van der Waals surface area contributed by atoms with E-state index >= 15 is 0 Å². The van der Waals surface area contributed by atoms with E-state index in [1.54, 1.807) is 0 Å². The molecule has 2 N–H and O–H groups in total. The first-order valence-electron chi connectivity index (χ1n) is 7.86. The smallest absolute Gasteiger partial charge is 0.314 e. The molecule has 21 heavy (non-hydrogen) atoms. The quantitative estimate of drug-likeness (QED) is 0.878. The Hall–Kier alpha value is -1.71. The van der Waals surface area contributed by atoms with Crippen LogP contribution in [0.1, 0.15) is 49.7 Å². The normalized spacial score (nSPS) is 20.9. The lowest BCUT2D eigenvalue weighted by Crippen LogP contribution is -2.38. The lowest BCUT2D eigenvalue weighted by atomic mass is 9.68. The number of aliphatic carboxylic acids is 1. The Balaban J connectivity index is 2.11. The van der Waals surface area contributed by atoms with Crippen LogP contribution < -0.4 is 4.90 Å². The molecule has 1 heterocycles. The molecule has 1 aliphatic carbocycles. The molecule has 0 radical (unpaired) electrons. The molecule has 0 spiro atoms. The number of benzene rings is 1. The highest BCUT2D eigenvalue weighted by Crippen LogP contribution is 2.47. The number of hydrogen-bond acceptors (Lipinski definition) is 3. The Labute approximate surface area is 125 Å². The van der Waals surface area contributed by atoms with Gasteiger partial charge < -0.3 is 15.1 Å². The van der Waals surface area contributed by atoms with Crippen LogP contribution in [-0.4, -0.2) is 29.8 Å². The van der Waals surface area contributed by atoms with Gasteiger partial charge >= 0.3 is 5.97 Å². The monoisotopic (exact) mass is 289 g/mol. The van der Waals surface area contributed by atoms with Gasteiger partial charge in [0.2, 0.25) is 0 Å². The van der Waals surface area contributed by atoms with Gasteiger partial charge in [0.25, 0.3) is 0 Å². The number of phenolic OH excluding ortho intramolecular Hbond substituents is 1. The molecule has 4 nitrogen and oxygen atoms in total. The highest BCUT2D eigenvalue weighted by atomic mass is 16.4. The second-order valence-electron chi connectivity index (χ2n) is 6.43. The molecule has 114 valence electrons. The van der Waals surface area contributed by atoms with Gasteiger partial charge in [0.1, 0.15) is 5.75 Å². The number of phenols is 1. The molecule has 3 rings (SSSR count).